The lowest BCUT2D eigenvalue weighted by atomic mass is 9.99. The van der Waals surface area contributed by atoms with Crippen LogP contribution < -0.4 is 104 Å². The van der Waals surface area contributed by atoms with E-state index in [2.05, 4.69) is 73.5 Å². The number of rotatable bonds is 25. The van der Waals surface area contributed by atoms with Gasteiger partial charge in [0.1, 0.15) is 66.2 Å². The monoisotopic (exact) mass is 1510 g/mol. The number of nitrogens with zero attached hydrogens (tertiary/aromatic N) is 4. The molecule has 0 spiro atoms. The Balaban J connectivity index is 1.85. The standard InChI is InChI=1S/C66H102FN23O15S/c1-36(2)28-44-58(100)84-42(20-11-25-77-65(72)73)57(99)88-45(29-37-14-4-3-5-15-37)59(101)86-43(21-12-26-78-66(74)75)63(105)90-27-13-22-49(90)62(104)85-41(18-8-9-23-68)56(98)89-47(31-53(94)95)61(103)83-40(19-10-24-76-64(70)71)55(97)80-32-50(91)79-33-51(92)82-48(54(69)96)34-106-35-52(93)81-46(60(102)87-44)30-38-16-6-7-17-39(38)67/h3-7,14-17,36,40-49H,8-13,18-35,68H2,1-2H3,(H2,69,96)(H,79,91)(H,80,97)(H,81,93)(H,82,92)(H,83,103)(H,84,100)(H,85,104)(H,86,101)(H,87,102)(H,88,99)(H,89,98)(H,94,95)(H4,70,71,76)(H4,72,73,77)(H4,74,75,78)/t40-,41-,42-,43-,44-,45-,46-,47-,48-,49-/m0/s1. The maximum Gasteiger partial charge on any atom is 0.305 e. The van der Waals surface area contributed by atoms with Gasteiger partial charge >= 0.3 is 5.97 Å². The van der Waals surface area contributed by atoms with Gasteiger partial charge in [0.15, 0.2) is 17.9 Å². The van der Waals surface area contributed by atoms with E-state index in [1.807, 2.05) is 0 Å². The second-order valence-corrected chi connectivity index (χ2v) is 26.6. The number of carbonyl (C=O) groups excluding carboxylic acids is 13. The fraction of sp³-hybridized carbons (Fsp3) is 0.561. The highest BCUT2D eigenvalue weighted by Crippen LogP contribution is 2.22. The number of carboxylic acids is 1. The van der Waals surface area contributed by atoms with Crippen molar-refractivity contribution in [3.05, 3.63) is 71.5 Å². The molecule has 0 aromatic heterocycles. The maximum absolute atomic E-state index is 15.4. The highest BCUT2D eigenvalue weighted by atomic mass is 32.2. The molecule has 38 nitrogen and oxygen atoms in total. The number of benzene rings is 2. The summed E-state index contributed by atoms with van der Waals surface area (Å²) in [6.07, 6.45) is -1.59. The summed E-state index contributed by atoms with van der Waals surface area (Å²) in [5, 5.41) is 37.7. The molecule has 4 rings (SSSR count). The molecule has 0 bridgehead atoms. The van der Waals surface area contributed by atoms with Gasteiger partial charge in [0, 0.05) is 44.8 Å². The van der Waals surface area contributed by atoms with E-state index in [0.29, 0.717) is 12.0 Å². The van der Waals surface area contributed by atoms with Crippen molar-refractivity contribution >= 4 is 112 Å². The number of hydrogen-bond acceptors (Lipinski definition) is 19. The van der Waals surface area contributed by atoms with Crippen LogP contribution >= 0.6 is 11.8 Å². The van der Waals surface area contributed by atoms with E-state index >= 15 is 14.0 Å². The summed E-state index contributed by atoms with van der Waals surface area (Å²) in [6, 6.07) is -1.54. The number of thioether (sulfide) groups is 1. The second-order valence-electron chi connectivity index (χ2n) is 25.6. The average molecular weight is 1510 g/mol. The van der Waals surface area contributed by atoms with Crippen LogP contribution in [0.2, 0.25) is 0 Å². The third kappa shape index (κ3) is 32.4. The Hall–Kier alpha value is -10.9. The molecule has 2 heterocycles. The first-order valence-corrected chi connectivity index (χ1v) is 35.8. The maximum atomic E-state index is 15.4. The molecule has 0 unspecified atom stereocenters. The Morgan fingerprint density at radius 2 is 1.00 bits per heavy atom. The van der Waals surface area contributed by atoms with E-state index in [1.54, 1.807) is 44.2 Å². The van der Waals surface area contributed by atoms with Crippen LogP contribution in [0, 0.1) is 11.7 Å². The van der Waals surface area contributed by atoms with Crippen LogP contribution in [0.4, 0.5) is 4.39 Å². The highest BCUT2D eigenvalue weighted by Gasteiger charge is 2.41. The van der Waals surface area contributed by atoms with Crippen molar-refractivity contribution in [2.75, 3.05) is 57.3 Å². The van der Waals surface area contributed by atoms with Gasteiger partial charge in [-0.25, -0.2) is 4.39 Å². The number of carbonyl (C=O) groups is 14. The number of guanidine groups is 3. The van der Waals surface area contributed by atoms with Crippen molar-refractivity contribution in [1.29, 1.82) is 0 Å². The lowest BCUT2D eigenvalue weighted by molar-refractivity contribution is -0.143. The fourth-order valence-corrected chi connectivity index (χ4v) is 12.1. The molecule has 2 aromatic carbocycles. The Kier molecular flexibility index (Phi) is 38.0. The van der Waals surface area contributed by atoms with E-state index in [4.69, 9.17) is 45.9 Å². The minimum atomic E-state index is -1.93. The zero-order valence-corrected chi connectivity index (χ0v) is 60.2. The van der Waals surface area contributed by atoms with Gasteiger partial charge in [-0.15, -0.1) is 11.8 Å². The number of halogens is 1. The predicted molar refractivity (Wildman–Crippen MR) is 389 cm³/mol. The summed E-state index contributed by atoms with van der Waals surface area (Å²) in [5.74, 6) is -16.9. The summed E-state index contributed by atoms with van der Waals surface area (Å²) in [5.41, 5.74) is 45.4. The highest BCUT2D eigenvalue weighted by molar-refractivity contribution is 8.00. The molecular formula is C66H102FN23O15S. The van der Waals surface area contributed by atoms with Crippen LogP contribution in [-0.4, -0.2) is 228 Å². The summed E-state index contributed by atoms with van der Waals surface area (Å²) >= 11 is 0.770. The fourth-order valence-electron chi connectivity index (χ4n) is 11.2. The van der Waals surface area contributed by atoms with Gasteiger partial charge in [0.25, 0.3) is 0 Å². The number of hydrogen-bond donors (Lipinski definition) is 20. The second kappa shape index (κ2) is 46.0. The minimum absolute atomic E-state index is 0.00851. The summed E-state index contributed by atoms with van der Waals surface area (Å²) in [6.45, 7) is 1.78. The largest absolute Gasteiger partial charge is 0.481 e. The van der Waals surface area contributed by atoms with E-state index in [-0.39, 0.29) is 145 Å². The first-order valence-electron chi connectivity index (χ1n) is 34.6. The molecule has 0 saturated carbocycles. The van der Waals surface area contributed by atoms with E-state index < -0.39 is 181 Å². The first kappa shape index (κ1) is 87.5. The zero-order valence-electron chi connectivity index (χ0n) is 59.4. The molecule has 106 heavy (non-hydrogen) atoms. The number of unbranched alkanes of at least 4 members (excludes halogenated alkanes) is 1. The third-order valence-electron chi connectivity index (χ3n) is 16.5. The van der Waals surface area contributed by atoms with Crippen molar-refractivity contribution in [1.82, 2.24) is 63.4 Å². The smallest absolute Gasteiger partial charge is 0.305 e. The SMILES string of the molecule is CC(C)C[C@@H]1NC(=O)[C@H](Cc2ccccc2F)NC(=O)CSC[C@@H](C(N)=O)NC(=O)CNC(=O)CNC(=O)[C@H](CCCN=C(N)N)NC(=O)[C@H](CC(=O)O)NC(=O)[C@H](CCCCN)NC(=O)[C@@H]2CCCN2C(=O)[C@H](CCCN=C(N)N)NC(=O)[C@H](Cc2ccccc2)NC(=O)[C@H](CCCN=C(N)N)NC1=O. The van der Waals surface area contributed by atoms with E-state index in [0.717, 1.165) is 17.8 Å². The van der Waals surface area contributed by atoms with Crippen LogP contribution in [0.5, 0.6) is 0 Å². The quantitative estimate of drug-likeness (QED) is 0.0250. The van der Waals surface area contributed by atoms with Crippen LogP contribution in [0.3, 0.4) is 0 Å². The molecule has 584 valence electrons. The van der Waals surface area contributed by atoms with Crippen LogP contribution in [0.1, 0.15) is 108 Å². The molecule has 0 radical (unpaired) electrons. The van der Waals surface area contributed by atoms with Gasteiger partial charge in [-0.05, 0) is 107 Å². The Morgan fingerprint density at radius 3 is 1.56 bits per heavy atom. The van der Waals surface area contributed by atoms with Crippen molar-refractivity contribution < 1.29 is 76.6 Å². The third-order valence-corrected chi connectivity index (χ3v) is 17.5. The van der Waals surface area contributed by atoms with Gasteiger partial charge < -0.3 is 114 Å². The number of aliphatic carboxylic acids is 1. The van der Waals surface area contributed by atoms with Crippen molar-refractivity contribution in [2.24, 2.45) is 66.8 Å². The zero-order chi connectivity index (χ0) is 78.4. The molecule has 40 heteroatoms. The number of fused-ring (bicyclic) bond motifs is 1. The van der Waals surface area contributed by atoms with E-state index in [1.165, 1.54) is 23.1 Å². The molecule has 10 atom stereocenters. The van der Waals surface area contributed by atoms with Gasteiger partial charge in [-0.3, -0.25) is 82.1 Å². The van der Waals surface area contributed by atoms with Gasteiger partial charge in [0.2, 0.25) is 76.8 Å². The van der Waals surface area contributed by atoms with Gasteiger partial charge in [-0.1, -0.05) is 62.4 Å². The summed E-state index contributed by atoms with van der Waals surface area (Å²) < 4.78 is 15.4. The Labute approximate surface area is 616 Å². The number of nitrogens with one attached hydrogen (secondary N) is 11. The van der Waals surface area contributed by atoms with Crippen LogP contribution in [0.15, 0.2) is 69.6 Å². The molecule has 2 fully saturated rings. The first-order chi connectivity index (χ1) is 50.3. The molecular weight excluding hydrogens is 1410 g/mol. The summed E-state index contributed by atoms with van der Waals surface area (Å²) in [7, 11) is 0. The van der Waals surface area contributed by atoms with Crippen molar-refractivity contribution in [2.45, 2.75) is 171 Å². The Morgan fingerprint density at radius 1 is 0.528 bits per heavy atom. The molecule has 2 aliphatic heterocycles. The van der Waals surface area contributed by atoms with E-state index in [9.17, 15) is 62.6 Å². The van der Waals surface area contributed by atoms with Gasteiger partial charge in [0.05, 0.1) is 25.3 Å². The number of nitrogens with two attached hydrogens (primary N) is 8. The molecule has 13 amide bonds. The molecule has 28 N–H and O–H groups in total. The number of carboxylic acid groups (broad SMARTS) is 1. The molecule has 0 aliphatic carbocycles. The predicted octanol–water partition coefficient (Wildman–Crippen LogP) is -6.76. The molecule has 2 saturated heterocycles. The minimum Gasteiger partial charge on any atom is -0.481 e. The Bertz CT molecular complexity index is 3450. The number of primary amides is 1. The lowest BCUT2D eigenvalue weighted by Gasteiger charge is -2.31. The van der Waals surface area contributed by atoms with Crippen LogP contribution in [-0.2, 0) is 80.0 Å². The lowest BCUT2D eigenvalue weighted by Crippen LogP contribution is -2.61. The van der Waals surface area contributed by atoms with Crippen LogP contribution in [0.25, 0.3) is 0 Å². The average Bonchev–Trinajstić information content (AvgIpc) is 1.61. The number of aliphatic imine (C=N–C) groups is 3. The van der Waals surface area contributed by atoms with Crippen molar-refractivity contribution in [3.8, 4) is 0 Å². The summed E-state index contributed by atoms with van der Waals surface area (Å²) in [4.78, 5) is 209. The topological polar surface area (TPSA) is 640 Å². The molecule has 2 aromatic rings. The normalized spacial score (nSPS) is 23.0. The van der Waals surface area contributed by atoms with Gasteiger partial charge in [-0.2, -0.15) is 0 Å². The molecule has 2 aliphatic rings. The number of amides is 13. The van der Waals surface area contributed by atoms with Crippen molar-refractivity contribution in [3.63, 3.8) is 0 Å².